The summed E-state index contributed by atoms with van der Waals surface area (Å²) in [5.74, 6) is 5.85. The van der Waals surface area contributed by atoms with Crippen molar-refractivity contribution in [1.29, 1.82) is 0 Å². The molecule has 1 aromatic rings. The van der Waals surface area contributed by atoms with Crippen LogP contribution >= 0.6 is 0 Å². The highest BCUT2D eigenvalue weighted by molar-refractivity contribution is 5.70. The highest BCUT2D eigenvalue weighted by atomic mass is 16.5. The molecule has 2 bridgehead atoms. The van der Waals surface area contributed by atoms with Crippen LogP contribution in [0.15, 0.2) is 18.2 Å². The molecular weight excluding hydrogens is 320 g/mol. The number of anilines is 1. The molecule has 2 saturated heterocycles. The summed E-state index contributed by atoms with van der Waals surface area (Å²) in [5, 5.41) is 4.03. The van der Waals surface area contributed by atoms with Gasteiger partial charge in [0.15, 0.2) is 0 Å². The zero-order valence-corrected chi connectivity index (χ0v) is 16.8. The standard InChI is InChI=1S/C23H34N2O/c1-5-16-12-25-9-8-20-22-19-11-18(26-4)6-7-21(19)24-23(20,22)14(2)10-17(13-25)15(16)3/h6-7,11,14-17,20,22,24H,5,8-10,12-13H2,1-4H3/t14-,15+,16+,17-,20?,22?,23+/m0/s1. The molecule has 3 heteroatoms. The highest BCUT2D eigenvalue weighted by Gasteiger charge is 2.71. The molecule has 0 aromatic heterocycles. The van der Waals surface area contributed by atoms with Crippen molar-refractivity contribution in [3.8, 4) is 5.75 Å². The predicted octanol–water partition coefficient (Wildman–Crippen LogP) is 4.60. The minimum atomic E-state index is 0.314. The summed E-state index contributed by atoms with van der Waals surface area (Å²) >= 11 is 0. The number of fused-ring (bicyclic) bond motifs is 5. The molecule has 3 unspecified atom stereocenters. The van der Waals surface area contributed by atoms with Crippen molar-refractivity contribution in [2.24, 2.45) is 29.6 Å². The Morgan fingerprint density at radius 3 is 2.88 bits per heavy atom. The van der Waals surface area contributed by atoms with Crippen molar-refractivity contribution in [2.75, 3.05) is 32.1 Å². The van der Waals surface area contributed by atoms with Gasteiger partial charge in [-0.15, -0.1) is 0 Å². The first kappa shape index (κ1) is 16.9. The molecule has 3 aliphatic heterocycles. The summed E-state index contributed by atoms with van der Waals surface area (Å²) in [6.45, 7) is 11.4. The fraction of sp³-hybridized carbons (Fsp3) is 0.739. The Bertz CT molecular complexity index is 703. The van der Waals surface area contributed by atoms with E-state index in [1.54, 1.807) is 7.11 Å². The van der Waals surface area contributed by atoms with Crippen LogP contribution < -0.4 is 10.1 Å². The van der Waals surface area contributed by atoms with Crippen LogP contribution in [0.1, 0.15) is 51.5 Å². The fourth-order valence-electron chi connectivity index (χ4n) is 7.00. The fourth-order valence-corrected chi connectivity index (χ4v) is 7.00. The summed E-state index contributed by atoms with van der Waals surface area (Å²) in [6.07, 6.45) is 4.05. The molecule has 142 valence electrons. The largest absolute Gasteiger partial charge is 0.497 e. The van der Waals surface area contributed by atoms with Gasteiger partial charge >= 0.3 is 0 Å². The van der Waals surface area contributed by atoms with Gasteiger partial charge in [-0.2, -0.15) is 0 Å². The third-order valence-electron chi connectivity index (χ3n) is 8.59. The monoisotopic (exact) mass is 354 g/mol. The van der Waals surface area contributed by atoms with Gasteiger partial charge in [-0.25, -0.2) is 0 Å². The van der Waals surface area contributed by atoms with Crippen molar-refractivity contribution >= 4 is 5.69 Å². The van der Waals surface area contributed by atoms with Gasteiger partial charge in [0.2, 0.25) is 0 Å². The van der Waals surface area contributed by atoms with E-state index >= 15 is 0 Å². The topological polar surface area (TPSA) is 24.5 Å². The predicted molar refractivity (Wildman–Crippen MR) is 107 cm³/mol. The maximum Gasteiger partial charge on any atom is 0.119 e. The highest BCUT2D eigenvalue weighted by Crippen LogP contribution is 2.71. The van der Waals surface area contributed by atoms with Gasteiger partial charge in [0.1, 0.15) is 5.75 Å². The lowest BCUT2D eigenvalue weighted by molar-refractivity contribution is 0.0570. The van der Waals surface area contributed by atoms with Crippen molar-refractivity contribution in [2.45, 2.75) is 51.5 Å². The van der Waals surface area contributed by atoms with Crippen LogP contribution in [-0.4, -0.2) is 37.2 Å². The molecule has 5 rings (SSSR count). The van der Waals surface area contributed by atoms with Crippen LogP contribution in [0.3, 0.4) is 0 Å². The second kappa shape index (κ2) is 5.89. The maximum atomic E-state index is 5.52. The van der Waals surface area contributed by atoms with E-state index in [0.717, 1.165) is 35.3 Å². The maximum absolute atomic E-state index is 5.52. The minimum Gasteiger partial charge on any atom is -0.497 e. The Kier molecular flexibility index (Phi) is 3.83. The molecule has 1 aromatic carbocycles. The van der Waals surface area contributed by atoms with E-state index in [0.29, 0.717) is 11.5 Å². The molecule has 1 saturated carbocycles. The first-order valence-corrected chi connectivity index (χ1v) is 10.8. The first-order chi connectivity index (χ1) is 12.6. The Hall–Kier alpha value is -1.22. The summed E-state index contributed by atoms with van der Waals surface area (Å²) in [7, 11) is 1.78. The quantitative estimate of drug-likeness (QED) is 0.840. The number of nitrogens with zero attached hydrogens (tertiary/aromatic N) is 1. The van der Waals surface area contributed by atoms with E-state index in [1.807, 2.05) is 0 Å². The molecule has 1 aliphatic carbocycles. The second-order valence-corrected chi connectivity index (χ2v) is 9.57. The molecule has 3 nitrogen and oxygen atoms in total. The third-order valence-corrected chi connectivity index (χ3v) is 8.59. The molecule has 3 heterocycles. The van der Waals surface area contributed by atoms with Gasteiger partial charge in [0.25, 0.3) is 0 Å². The lowest BCUT2D eigenvalue weighted by Crippen LogP contribution is -2.46. The van der Waals surface area contributed by atoms with Gasteiger partial charge in [-0.1, -0.05) is 27.2 Å². The van der Waals surface area contributed by atoms with E-state index in [4.69, 9.17) is 4.74 Å². The van der Waals surface area contributed by atoms with Crippen molar-refractivity contribution in [3.63, 3.8) is 0 Å². The Labute approximate surface area is 158 Å². The van der Waals surface area contributed by atoms with E-state index in [9.17, 15) is 0 Å². The third kappa shape index (κ3) is 2.22. The Balaban J connectivity index is 1.46. The summed E-state index contributed by atoms with van der Waals surface area (Å²) in [5.41, 5.74) is 3.19. The van der Waals surface area contributed by atoms with Crippen LogP contribution in [0.25, 0.3) is 0 Å². The van der Waals surface area contributed by atoms with Crippen molar-refractivity contribution in [1.82, 2.24) is 4.90 Å². The van der Waals surface area contributed by atoms with E-state index in [2.05, 4.69) is 49.2 Å². The van der Waals surface area contributed by atoms with Crippen LogP contribution in [0.5, 0.6) is 5.75 Å². The molecule has 1 N–H and O–H groups in total. The van der Waals surface area contributed by atoms with Crippen LogP contribution in [0.2, 0.25) is 0 Å². The summed E-state index contributed by atoms with van der Waals surface area (Å²) in [4.78, 5) is 2.80. The lowest BCUT2D eigenvalue weighted by Gasteiger charge is -2.43. The smallest absolute Gasteiger partial charge is 0.119 e. The van der Waals surface area contributed by atoms with Gasteiger partial charge in [-0.3, -0.25) is 0 Å². The van der Waals surface area contributed by atoms with Gasteiger partial charge < -0.3 is 15.0 Å². The zero-order valence-electron chi connectivity index (χ0n) is 16.8. The number of piperidine rings is 1. The Morgan fingerprint density at radius 1 is 1.27 bits per heavy atom. The summed E-state index contributed by atoms with van der Waals surface area (Å²) in [6, 6.07) is 6.64. The number of hydrogen-bond donors (Lipinski definition) is 1. The lowest BCUT2D eigenvalue weighted by atomic mass is 9.73. The number of ether oxygens (including phenoxy) is 1. The Morgan fingerprint density at radius 2 is 2.12 bits per heavy atom. The van der Waals surface area contributed by atoms with Gasteiger partial charge in [0, 0.05) is 24.7 Å². The van der Waals surface area contributed by atoms with Crippen LogP contribution in [0, 0.1) is 29.6 Å². The number of hydrogen-bond acceptors (Lipinski definition) is 3. The van der Waals surface area contributed by atoms with Crippen molar-refractivity contribution < 1.29 is 4.74 Å². The van der Waals surface area contributed by atoms with E-state index in [1.165, 1.54) is 50.1 Å². The molecule has 3 fully saturated rings. The number of nitrogens with one attached hydrogen (secondary N) is 1. The molecule has 1 spiro atoms. The number of methoxy groups -OCH3 is 1. The van der Waals surface area contributed by atoms with E-state index < -0.39 is 0 Å². The number of rotatable bonds is 2. The van der Waals surface area contributed by atoms with Gasteiger partial charge in [-0.05, 0) is 72.7 Å². The van der Waals surface area contributed by atoms with Crippen molar-refractivity contribution in [3.05, 3.63) is 23.8 Å². The zero-order chi connectivity index (χ0) is 18.1. The molecular formula is C23H34N2O. The van der Waals surface area contributed by atoms with Crippen LogP contribution in [-0.2, 0) is 0 Å². The molecule has 0 amide bonds. The molecule has 8 atom stereocenters. The second-order valence-electron chi connectivity index (χ2n) is 9.57. The molecule has 0 radical (unpaired) electrons. The number of benzene rings is 1. The summed E-state index contributed by atoms with van der Waals surface area (Å²) < 4.78 is 5.52. The normalized spacial score (nSPS) is 45.9. The molecule has 4 aliphatic rings. The van der Waals surface area contributed by atoms with Crippen LogP contribution in [0.4, 0.5) is 5.69 Å². The average Bonchev–Trinajstić information content (AvgIpc) is 3.14. The van der Waals surface area contributed by atoms with E-state index in [-0.39, 0.29) is 0 Å². The van der Waals surface area contributed by atoms with Gasteiger partial charge in [0.05, 0.1) is 12.6 Å². The SMILES string of the molecule is CC[C@@H]1CN2CCC3C4c5cc(OC)ccc5N[C@]34[C@@H](C)C[C@@H](C2)[C@@H]1C. The average molecular weight is 355 g/mol. The first-order valence-electron chi connectivity index (χ1n) is 10.8. The molecule has 26 heavy (non-hydrogen) atoms. The minimum absolute atomic E-state index is 0.314.